The van der Waals surface area contributed by atoms with Crippen LogP contribution in [0.15, 0.2) is 42.5 Å². The summed E-state index contributed by atoms with van der Waals surface area (Å²) in [5, 5.41) is 11.6. The van der Waals surface area contributed by atoms with E-state index in [1.807, 2.05) is 0 Å². The number of rotatable bonds is 7. The summed E-state index contributed by atoms with van der Waals surface area (Å²) in [5.74, 6) is 0.740. The number of methoxy groups -OCH3 is 2. The normalized spacial score (nSPS) is 14.1. The van der Waals surface area contributed by atoms with Crippen molar-refractivity contribution in [1.82, 2.24) is 0 Å². The van der Waals surface area contributed by atoms with Gasteiger partial charge in [0.25, 0.3) is 5.69 Å². The molecule has 1 aliphatic heterocycles. The highest BCUT2D eigenvalue weighted by Gasteiger charge is 2.21. The maximum atomic E-state index is 12.6. The first-order valence-corrected chi connectivity index (χ1v) is 9.51. The molecule has 1 fully saturated rings. The highest BCUT2D eigenvalue weighted by atomic mass is 16.6. The van der Waals surface area contributed by atoms with Gasteiger partial charge in [-0.2, -0.15) is 0 Å². The zero-order chi connectivity index (χ0) is 20.8. The van der Waals surface area contributed by atoms with Crippen LogP contribution in [0.1, 0.15) is 35.2 Å². The smallest absolute Gasteiger partial charge is 0.293 e. The van der Waals surface area contributed by atoms with Gasteiger partial charge in [-0.3, -0.25) is 14.9 Å². The molecular formula is C22H24N2O5. The van der Waals surface area contributed by atoms with Crippen LogP contribution < -0.4 is 14.4 Å². The summed E-state index contributed by atoms with van der Waals surface area (Å²) < 4.78 is 10.4. The molecule has 0 amide bonds. The van der Waals surface area contributed by atoms with Crippen LogP contribution in [0.4, 0.5) is 11.4 Å². The molecule has 2 aromatic rings. The van der Waals surface area contributed by atoms with E-state index in [4.69, 9.17) is 9.47 Å². The molecule has 29 heavy (non-hydrogen) atoms. The molecule has 0 spiro atoms. The Morgan fingerprint density at radius 1 is 1.07 bits per heavy atom. The third-order valence-electron chi connectivity index (χ3n) is 4.99. The fourth-order valence-electron chi connectivity index (χ4n) is 3.46. The number of carbonyl (C=O) groups excluding carboxylic acids is 1. The number of nitro groups is 1. The Hall–Kier alpha value is -3.35. The van der Waals surface area contributed by atoms with Gasteiger partial charge >= 0.3 is 0 Å². The van der Waals surface area contributed by atoms with E-state index in [0.29, 0.717) is 28.3 Å². The standard InChI is InChI=1S/C22H24N2O5/c1-28-17-8-9-18(22(15-17)29-2)21(25)11-7-16-6-10-19(20(14-16)24(26)27)23-12-4-3-5-13-23/h6-11,14-15H,3-5,12-13H2,1-2H3/b11-7+. The van der Waals surface area contributed by atoms with Gasteiger partial charge in [-0.05, 0) is 49.1 Å². The Balaban J connectivity index is 1.84. The number of anilines is 1. The quantitative estimate of drug-likeness (QED) is 0.297. The monoisotopic (exact) mass is 396 g/mol. The van der Waals surface area contributed by atoms with Crippen LogP contribution in [0.2, 0.25) is 0 Å². The number of ketones is 1. The molecule has 0 radical (unpaired) electrons. The minimum atomic E-state index is -0.365. The first-order valence-electron chi connectivity index (χ1n) is 9.51. The predicted molar refractivity (Wildman–Crippen MR) is 112 cm³/mol. The molecular weight excluding hydrogens is 372 g/mol. The van der Waals surface area contributed by atoms with Gasteiger partial charge < -0.3 is 14.4 Å². The SMILES string of the molecule is COc1ccc(C(=O)/C=C/c2ccc(N3CCCCC3)c([N+](=O)[O-])c2)c(OC)c1. The van der Waals surface area contributed by atoms with Crippen LogP contribution in [-0.4, -0.2) is 38.0 Å². The molecule has 0 saturated carbocycles. The van der Waals surface area contributed by atoms with E-state index in [-0.39, 0.29) is 16.4 Å². The lowest BCUT2D eigenvalue weighted by molar-refractivity contribution is -0.384. The van der Waals surface area contributed by atoms with Gasteiger partial charge in [0.2, 0.25) is 0 Å². The molecule has 7 heteroatoms. The number of benzene rings is 2. The molecule has 3 rings (SSSR count). The second kappa shape index (κ2) is 9.23. The first-order chi connectivity index (χ1) is 14.0. The van der Waals surface area contributed by atoms with Gasteiger partial charge in [0.15, 0.2) is 5.78 Å². The molecule has 1 saturated heterocycles. The second-order valence-corrected chi connectivity index (χ2v) is 6.82. The van der Waals surface area contributed by atoms with Gasteiger partial charge in [-0.15, -0.1) is 0 Å². The fourth-order valence-corrected chi connectivity index (χ4v) is 3.46. The average molecular weight is 396 g/mol. The molecule has 152 valence electrons. The van der Waals surface area contributed by atoms with E-state index in [0.717, 1.165) is 32.4 Å². The number of nitrogens with zero attached hydrogens (tertiary/aromatic N) is 2. The van der Waals surface area contributed by atoms with Crippen LogP contribution in [0.25, 0.3) is 6.08 Å². The number of allylic oxidation sites excluding steroid dienone is 1. The number of ether oxygens (including phenoxy) is 2. The van der Waals surface area contributed by atoms with Crippen LogP contribution in [0.3, 0.4) is 0 Å². The summed E-state index contributed by atoms with van der Waals surface area (Å²) in [6.45, 7) is 1.65. The van der Waals surface area contributed by atoms with Gasteiger partial charge in [0.05, 0.1) is 24.7 Å². The van der Waals surface area contributed by atoms with E-state index in [9.17, 15) is 14.9 Å². The maximum Gasteiger partial charge on any atom is 0.293 e. The molecule has 0 aromatic heterocycles. The van der Waals surface area contributed by atoms with E-state index in [1.54, 1.807) is 36.4 Å². The first kappa shape index (κ1) is 20.4. The summed E-state index contributed by atoms with van der Waals surface area (Å²) in [6, 6.07) is 10.0. The van der Waals surface area contributed by atoms with Crippen molar-refractivity contribution in [2.45, 2.75) is 19.3 Å². The van der Waals surface area contributed by atoms with Crippen molar-refractivity contribution in [2.24, 2.45) is 0 Å². The van der Waals surface area contributed by atoms with E-state index < -0.39 is 0 Å². The zero-order valence-corrected chi connectivity index (χ0v) is 16.6. The summed E-state index contributed by atoms with van der Waals surface area (Å²) in [5.41, 5.74) is 1.68. The Morgan fingerprint density at radius 3 is 2.48 bits per heavy atom. The molecule has 0 unspecified atom stereocenters. The molecule has 7 nitrogen and oxygen atoms in total. The molecule has 0 atom stereocenters. The Labute approximate surface area is 169 Å². The molecule has 1 heterocycles. The number of hydrogen-bond donors (Lipinski definition) is 0. The van der Waals surface area contributed by atoms with Gasteiger partial charge in [0.1, 0.15) is 17.2 Å². The Kier molecular flexibility index (Phi) is 6.49. The fraction of sp³-hybridized carbons (Fsp3) is 0.318. The largest absolute Gasteiger partial charge is 0.497 e. The molecule has 0 aliphatic carbocycles. The minimum absolute atomic E-state index is 0.0588. The lowest BCUT2D eigenvalue weighted by Crippen LogP contribution is -2.29. The van der Waals surface area contributed by atoms with Crippen molar-refractivity contribution < 1.29 is 19.2 Å². The third kappa shape index (κ3) is 4.74. The van der Waals surface area contributed by atoms with E-state index in [1.165, 1.54) is 26.4 Å². The van der Waals surface area contributed by atoms with Crippen molar-refractivity contribution >= 4 is 23.2 Å². The maximum absolute atomic E-state index is 12.6. The molecule has 1 aliphatic rings. The number of carbonyl (C=O) groups is 1. The minimum Gasteiger partial charge on any atom is -0.497 e. The lowest BCUT2D eigenvalue weighted by atomic mass is 10.1. The molecule has 0 N–H and O–H groups in total. The van der Waals surface area contributed by atoms with Crippen molar-refractivity contribution in [3.63, 3.8) is 0 Å². The van der Waals surface area contributed by atoms with E-state index >= 15 is 0 Å². The van der Waals surface area contributed by atoms with Gasteiger partial charge in [-0.25, -0.2) is 0 Å². The van der Waals surface area contributed by atoms with Crippen molar-refractivity contribution in [2.75, 3.05) is 32.2 Å². The highest BCUT2D eigenvalue weighted by molar-refractivity contribution is 6.08. The third-order valence-corrected chi connectivity index (χ3v) is 4.99. The van der Waals surface area contributed by atoms with Crippen LogP contribution >= 0.6 is 0 Å². The van der Waals surface area contributed by atoms with Crippen molar-refractivity contribution in [3.05, 3.63) is 63.7 Å². The average Bonchev–Trinajstić information content (AvgIpc) is 2.77. The van der Waals surface area contributed by atoms with Crippen LogP contribution in [0, 0.1) is 10.1 Å². The number of piperidine rings is 1. The number of nitro benzene ring substituents is 1. The molecule has 2 aromatic carbocycles. The second-order valence-electron chi connectivity index (χ2n) is 6.82. The van der Waals surface area contributed by atoms with Gasteiger partial charge in [-0.1, -0.05) is 12.1 Å². The Bertz CT molecular complexity index is 933. The van der Waals surface area contributed by atoms with Crippen LogP contribution in [0.5, 0.6) is 11.5 Å². The summed E-state index contributed by atoms with van der Waals surface area (Å²) >= 11 is 0. The van der Waals surface area contributed by atoms with E-state index in [2.05, 4.69) is 4.90 Å². The van der Waals surface area contributed by atoms with Gasteiger partial charge in [0, 0.05) is 25.2 Å². The van der Waals surface area contributed by atoms with Crippen molar-refractivity contribution in [3.8, 4) is 11.5 Å². The van der Waals surface area contributed by atoms with Crippen molar-refractivity contribution in [1.29, 1.82) is 0 Å². The molecule has 0 bridgehead atoms. The predicted octanol–water partition coefficient (Wildman–Crippen LogP) is 4.50. The highest BCUT2D eigenvalue weighted by Crippen LogP contribution is 2.32. The summed E-state index contributed by atoms with van der Waals surface area (Å²) in [7, 11) is 3.02. The summed E-state index contributed by atoms with van der Waals surface area (Å²) in [6.07, 6.45) is 6.21. The number of hydrogen-bond acceptors (Lipinski definition) is 6. The summed E-state index contributed by atoms with van der Waals surface area (Å²) in [4.78, 5) is 25.9. The lowest BCUT2D eigenvalue weighted by Gasteiger charge is -2.28. The Morgan fingerprint density at radius 2 is 1.83 bits per heavy atom. The topological polar surface area (TPSA) is 81.9 Å². The zero-order valence-electron chi connectivity index (χ0n) is 16.6. The van der Waals surface area contributed by atoms with Crippen LogP contribution in [-0.2, 0) is 0 Å².